The van der Waals surface area contributed by atoms with E-state index in [4.69, 9.17) is 5.11 Å². The number of fused-ring (bicyclic) bond motifs is 1. The molecule has 1 fully saturated rings. The number of pyridine rings is 1. The Hall–Kier alpha value is -2.73. The van der Waals surface area contributed by atoms with Crippen molar-refractivity contribution in [3.05, 3.63) is 60.2 Å². The molecule has 0 aliphatic carbocycles. The molecular formula is C20H22N4O2. The molecule has 0 saturated carbocycles. The highest BCUT2D eigenvalue weighted by molar-refractivity contribution is 5.84. The highest BCUT2D eigenvalue weighted by atomic mass is 16.4. The van der Waals surface area contributed by atoms with E-state index in [1.165, 1.54) is 21.0 Å². The van der Waals surface area contributed by atoms with Gasteiger partial charge in [-0.25, -0.2) is 0 Å². The molecule has 6 heteroatoms. The van der Waals surface area contributed by atoms with Crippen molar-refractivity contribution in [2.45, 2.75) is 31.8 Å². The summed E-state index contributed by atoms with van der Waals surface area (Å²) in [6.07, 6.45) is 7.75. The second-order valence-electron chi connectivity index (χ2n) is 6.92. The molecule has 0 amide bonds. The summed E-state index contributed by atoms with van der Waals surface area (Å²) in [4.78, 5) is 17.5. The first-order chi connectivity index (χ1) is 12.7. The van der Waals surface area contributed by atoms with E-state index in [1.807, 2.05) is 18.5 Å². The van der Waals surface area contributed by atoms with Gasteiger partial charge in [0.25, 0.3) is 0 Å². The monoisotopic (exact) mass is 350 g/mol. The van der Waals surface area contributed by atoms with E-state index in [2.05, 4.69) is 39.2 Å². The number of piperidine rings is 1. The van der Waals surface area contributed by atoms with Crippen LogP contribution in [0.5, 0.6) is 0 Å². The number of rotatable bonds is 5. The van der Waals surface area contributed by atoms with Crippen molar-refractivity contribution in [1.82, 2.24) is 19.7 Å². The van der Waals surface area contributed by atoms with E-state index in [-0.39, 0.29) is 6.54 Å². The zero-order valence-electron chi connectivity index (χ0n) is 14.6. The lowest BCUT2D eigenvalue weighted by Crippen LogP contribution is -2.34. The Morgan fingerprint density at radius 3 is 3.08 bits per heavy atom. The Labute approximate surface area is 152 Å². The molecule has 1 aliphatic rings. The number of carboxylic acid groups (broad SMARTS) is 1. The minimum Gasteiger partial charge on any atom is -0.480 e. The van der Waals surface area contributed by atoms with Crippen molar-refractivity contribution >= 4 is 16.7 Å². The molecule has 3 heterocycles. The highest BCUT2D eigenvalue weighted by Crippen LogP contribution is 2.28. The lowest BCUT2D eigenvalue weighted by atomic mass is 9.94. The zero-order chi connectivity index (χ0) is 17.9. The molecule has 0 radical (unpaired) electrons. The fourth-order valence-corrected chi connectivity index (χ4v) is 3.83. The maximum absolute atomic E-state index is 10.8. The number of likely N-dealkylation sites (tertiary alicyclic amines) is 1. The predicted molar refractivity (Wildman–Crippen MR) is 98.9 cm³/mol. The van der Waals surface area contributed by atoms with Crippen LogP contribution in [0.1, 0.15) is 30.0 Å². The van der Waals surface area contributed by atoms with Gasteiger partial charge in [-0.15, -0.1) is 0 Å². The Balaban J connectivity index is 1.48. The van der Waals surface area contributed by atoms with Gasteiger partial charge < -0.3 is 5.11 Å². The van der Waals surface area contributed by atoms with Crippen LogP contribution in [0, 0.1) is 0 Å². The Kier molecular flexibility index (Phi) is 4.67. The SMILES string of the molecule is O=C(O)Cn1ccc([C@@H]2CCCN(Cc3cccc4cnccc34)C2)n1. The van der Waals surface area contributed by atoms with Gasteiger partial charge in [-0.1, -0.05) is 18.2 Å². The molecule has 1 aromatic carbocycles. The number of carboxylic acids is 1. The molecule has 3 aromatic rings. The number of nitrogens with zero attached hydrogens (tertiary/aromatic N) is 4. The maximum Gasteiger partial charge on any atom is 0.325 e. The topological polar surface area (TPSA) is 71.2 Å². The quantitative estimate of drug-likeness (QED) is 0.766. The third-order valence-electron chi connectivity index (χ3n) is 5.05. The van der Waals surface area contributed by atoms with Crippen LogP contribution in [0.3, 0.4) is 0 Å². The van der Waals surface area contributed by atoms with Crippen molar-refractivity contribution in [2.24, 2.45) is 0 Å². The largest absolute Gasteiger partial charge is 0.480 e. The lowest BCUT2D eigenvalue weighted by molar-refractivity contribution is -0.137. The first-order valence-corrected chi connectivity index (χ1v) is 8.98. The van der Waals surface area contributed by atoms with Gasteiger partial charge in [0.1, 0.15) is 6.54 Å². The third-order valence-corrected chi connectivity index (χ3v) is 5.05. The van der Waals surface area contributed by atoms with E-state index in [0.717, 1.165) is 38.2 Å². The average molecular weight is 350 g/mol. The summed E-state index contributed by atoms with van der Waals surface area (Å²) in [7, 11) is 0. The van der Waals surface area contributed by atoms with Crippen molar-refractivity contribution in [3.8, 4) is 0 Å². The molecule has 1 aliphatic heterocycles. The number of hydrogen-bond acceptors (Lipinski definition) is 4. The molecule has 1 atom stereocenters. The van der Waals surface area contributed by atoms with Gasteiger partial charge in [-0.05, 0) is 42.5 Å². The molecule has 2 aromatic heterocycles. The van der Waals surface area contributed by atoms with Crippen molar-refractivity contribution in [2.75, 3.05) is 13.1 Å². The van der Waals surface area contributed by atoms with E-state index >= 15 is 0 Å². The molecule has 0 bridgehead atoms. The first-order valence-electron chi connectivity index (χ1n) is 8.98. The summed E-state index contributed by atoms with van der Waals surface area (Å²) in [5.41, 5.74) is 2.32. The standard InChI is InChI=1S/C20H22N4O2/c25-20(26)14-24-10-7-19(22-24)17-5-2-9-23(13-17)12-16-4-1-3-15-11-21-8-6-18(15)16/h1,3-4,6-8,10-11,17H,2,5,9,12-14H2,(H,25,26)/t17-/m1/s1. The van der Waals surface area contributed by atoms with Crippen LogP contribution in [-0.2, 0) is 17.9 Å². The van der Waals surface area contributed by atoms with Crippen LogP contribution >= 0.6 is 0 Å². The lowest BCUT2D eigenvalue weighted by Gasteiger charge is -2.32. The maximum atomic E-state index is 10.8. The number of aliphatic carboxylic acids is 1. The average Bonchev–Trinajstić information content (AvgIpc) is 3.10. The summed E-state index contributed by atoms with van der Waals surface area (Å²) < 4.78 is 1.51. The summed E-state index contributed by atoms with van der Waals surface area (Å²) in [6.45, 7) is 2.85. The second-order valence-corrected chi connectivity index (χ2v) is 6.92. The Morgan fingerprint density at radius 2 is 2.19 bits per heavy atom. The fourth-order valence-electron chi connectivity index (χ4n) is 3.83. The Bertz CT molecular complexity index is 916. The van der Waals surface area contributed by atoms with Crippen molar-refractivity contribution in [1.29, 1.82) is 0 Å². The van der Waals surface area contributed by atoms with Crippen LogP contribution in [-0.4, -0.2) is 43.8 Å². The van der Waals surface area contributed by atoms with Crippen LogP contribution < -0.4 is 0 Å². The normalized spacial score (nSPS) is 18.2. The molecule has 6 nitrogen and oxygen atoms in total. The van der Waals surface area contributed by atoms with E-state index < -0.39 is 5.97 Å². The molecule has 4 rings (SSSR count). The van der Waals surface area contributed by atoms with Gasteiger partial charge in [0, 0.05) is 43.0 Å². The van der Waals surface area contributed by atoms with Crippen LogP contribution in [0.4, 0.5) is 0 Å². The van der Waals surface area contributed by atoms with Crippen LogP contribution in [0.15, 0.2) is 48.9 Å². The summed E-state index contributed by atoms with van der Waals surface area (Å²) in [6, 6.07) is 10.4. The van der Waals surface area contributed by atoms with Gasteiger partial charge in [-0.2, -0.15) is 5.10 Å². The van der Waals surface area contributed by atoms with Gasteiger partial charge in [0.15, 0.2) is 0 Å². The molecule has 1 N–H and O–H groups in total. The van der Waals surface area contributed by atoms with E-state index in [0.29, 0.717) is 5.92 Å². The molecule has 1 saturated heterocycles. The van der Waals surface area contributed by atoms with Gasteiger partial charge in [0.2, 0.25) is 0 Å². The van der Waals surface area contributed by atoms with Gasteiger partial charge in [0.05, 0.1) is 5.69 Å². The highest BCUT2D eigenvalue weighted by Gasteiger charge is 2.23. The minimum absolute atomic E-state index is 0.0829. The molecule has 0 unspecified atom stereocenters. The number of benzene rings is 1. The summed E-state index contributed by atoms with van der Waals surface area (Å²) >= 11 is 0. The van der Waals surface area contributed by atoms with Crippen molar-refractivity contribution in [3.63, 3.8) is 0 Å². The number of carbonyl (C=O) groups is 1. The van der Waals surface area contributed by atoms with Crippen LogP contribution in [0.25, 0.3) is 10.8 Å². The van der Waals surface area contributed by atoms with Crippen molar-refractivity contribution < 1.29 is 9.90 Å². The Morgan fingerprint density at radius 1 is 1.27 bits per heavy atom. The molecule has 134 valence electrons. The minimum atomic E-state index is -0.865. The predicted octanol–water partition coefficient (Wildman–Crippen LogP) is 2.90. The smallest absolute Gasteiger partial charge is 0.325 e. The summed E-state index contributed by atoms with van der Waals surface area (Å²) in [5, 5.41) is 15.8. The molecular weight excluding hydrogens is 328 g/mol. The molecule has 26 heavy (non-hydrogen) atoms. The van der Waals surface area contributed by atoms with E-state index in [9.17, 15) is 4.79 Å². The molecule has 0 spiro atoms. The van der Waals surface area contributed by atoms with Crippen LogP contribution in [0.2, 0.25) is 0 Å². The fraction of sp³-hybridized carbons (Fsp3) is 0.350. The first kappa shape index (κ1) is 16.7. The second kappa shape index (κ2) is 7.25. The summed E-state index contributed by atoms with van der Waals surface area (Å²) in [5.74, 6) is -0.509. The van der Waals surface area contributed by atoms with Gasteiger partial charge >= 0.3 is 5.97 Å². The zero-order valence-corrected chi connectivity index (χ0v) is 14.6. The van der Waals surface area contributed by atoms with E-state index in [1.54, 1.807) is 6.20 Å². The number of hydrogen-bond donors (Lipinski definition) is 1. The van der Waals surface area contributed by atoms with Gasteiger partial charge in [-0.3, -0.25) is 19.4 Å². The number of aromatic nitrogens is 3. The third kappa shape index (κ3) is 3.60.